The predicted molar refractivity (Wildman–Crippen MR) is 68.4 cm³/mol. The summed E-state index contributed by atoms with van der Waals surface area (Å²) in [6.07, 6.45) is 1.45. The third kappa shape index (κ3) is 3.46. The van der Waals surface area contributed by atoms with E-state index in [0.29, 0.717) is 6.42 Å². The summed E-state index contributed by atoms with van der Waals surface area (Å²) < 4.78 is 4.77. The number of anilines is 1. The average molecular weight is 236 g/mol. The van der Waals surface area contributed by atoms with Crippen LogP contribution in [0.1, 0.15) is 18.9 Å². The van der Waals surface area contributed by atoms with Crippen LogP contribution in [0, 0.1) is 5.41 Å². The highest BCUT2D eigenvalue weighted by atomic mass is 16.5. The van der Waals surface area contributed by atoms with Gasteiger partial charge < -0.3 is 16.2 Å². The third-order valence-corrected chi connectivity index (χ3v) is 3.07. The lowest BCUT2D eigenvalue weighted by atomic mass is 9.84. The Morgan fingerprint density at radius 3 is 2.41 bits per heavy atom. The van der Waals surface area contributed by atoms with E-state index in [4.69, 9.17) is 16.2 Å². The van der Waals surface area contributed by atoms with Crippen molar-refractivity contribution in [2.75, 3.05) is 19.4 Å². The van der Waals surface area contributed by atoms with Crippen LogP contribution in [0.2, 0.25) is 0 Å². The minimum Gasteiger partial charge on any atom is -0.469 e. The number of hydrogen-bond donors (Lipinski definition) is 2. The molecule has 4 heteroatoms. The molecule has 1 aromatic carbocycles. The quantitative estimate of drug-likeness (QED) is 0.597. The van der Waals surface area contributed by atoms with E-state index in [9.17, 15) is 4.79 Å². The van der Waals surface area contributed by atoms with Gasteiger partial charge in [-0.25, -0.2) is 0 Å². The molecule has 0 amide bonds. The van der Waals surface area contributed by atoms with Crippen LogP contribution >= 0.6 is 0 Å². The number of hydrogen-bond acceptors (Lipinski definition) is 4. The van der Waals surface area contributed by atoms with E-state index >= 15 is 0 Å². The Balaban J connectivity index is 2.65. The average Bonchev–Trinajstić information content (AvgIpc) is 2.36. The molecule has 0 spiro atoms. The lowest BCUT2D eigenvalue weighted by Gasteiger charge is -2.24. The molecule has 0 aliphatic heterocycles. The standard InChI is InChI=1S/C13H20N2O2/c1-13(9-14,12(16)17-2)8-7-10-3-5-11(15)6-4-10/h3-6H,7-9,14-15H2,1-2H3. The normalized spacial score (nSPS) is 14.1. The molecule has 1 aromatic rings. The molecule has 0 aromatic heterocycles. The number of nitrogen functional groups attached to an aromatic ring is 1. The second-order valence-electron chi connectivity index (χ2n) is 4.50. The van der Waals surface area contributed by atoms with Crippen LogP contribution in [0.3, 0.4) is 0 Å². The minimum absolute atomic E-state index is 0.254. The Bertz CT molecular complexity index is 376. The first kappa shape index (κ1) is 13.5. The second kappa shape index (κ2) is 5.68. The van der Waals surface area contributed by atoms with Crippen LogP contribution in [-0.4, -0.2) is 19.6 Å². The van der Waals surface area contributed by atoms with Crippen LogP contribution in [0.25, 0.3) is 0 Å². The number of carbonyl (C=O) groups excluding carboxylic acids is 1. The van der Waals surface area contributed by atoms with Crippen LogP contribution in [0.15, 0.2) is 24.3 Å². The summed E-state index contributed by atoms with van der Waals surface area (Å²) in [4.78, 5) is 11.6. The monoisotopic (exact) mass is 236 g/mol. The molecule has 0 heterocycles. The van der Waals surface area contributed by atoms with Crippen LogP contribution in [0.4, 0.5) is 5.69 Å². The molecule has 4 nitrogen and oxygen atoms in total. The Morgan fingerprint density at radius 2 is 1.94 bits per heavy atom. The van der Waals surface area contributed by atoms with E-state index in [1.54, 1.807) is 0 Å². The predicted octanol–water partition coefficient (Wildman–Crippen LogP) is 1.34. The smallest absolute Gasteiger partial charge is 0.312 e. The van der Waals surface area contributed by atoms with Gasteiger partial charge in [-0.1, -0.05) is 12.1 Å². The van der Waals surface area contributed by atoms with Crippen molar-refractivity contribution in [3.05, 3.63) is 29.8 Å². The Kier molecular flexibility index (Phi) is 4.52. The molecular weight excluding hydrogens is 216 g/mol. The number of ether oxygens (including phenoxy) is 1. The maximum atomic E-state index is 11.6. The molecule has 1 atom stereocenters. The van der Waals surface area contributed by atoms with E-state index in [-0.39, 0.29) is 12.5 Å². The Labute approximate surface area is 102 Å². The number of nitrogens with two attached hydrogens (primary N) is 2. The number of rotatable bonds is 5. The zero-order valence-corrected chi connectivity index (χ0v) is 10.4. The lowest BCUT2D eigenvalue weighted by Crippen LogP contribution is -2.37. The Morgan fingerprint density at radius 1 is 1.35 bits per heavy atom. The molecule has 0 saturated heterocycles. The minimum atomic E-state index is -0.615. The maximum Gasteiger partial charge on any atom is 0.312 e. The Hall–Kier alpha value is -1.55. The second-order valence-corrected chi connectivity index (χ2v) is 4.50. The van der Waals surface area contributed by atoms with Crippen molar-refractivity contribution < 1.29 is 9.53 Å². The van der Waals surface area contributed by atoms with Gasteiger partial charge in [0, 0.05) is 12.2 Å². The molecule has 17 heavy (non-hydrogen) atoms. The fourth-order valence-electron chi connectivity index (χ4n) is 1.64. The van der Waals surface area contributed by atoms with Crippen molar-refractivity contribution in [1.29, 1.82) is 0 Å². The van der Waals surface area contributed by atoms with Gasteiger partial charge >= 0.3 is 5.97 Å². The molecular formula is C13H20N2O2. The molecule has 1 unspecified atom stereocenters. The van der Waals surface area contributed by atoms with Crippen molar-refractivity contribution in [3.8, 4) is 0 Å². The van der Waals surface area contributed by atoms with Gasteiger partial charge in [0.15, 0.2) is 0 Å². The fourth-order valence-corrected chi connectivity index (χ4v) is 1.64. The molecule has 0 aliphatic rings. The number of carbonyl (C=O) groups is 1. The van der Waals surface area contributed by atoms with Crippen molar-refractivity contribution in [2.24, 2.45) is 11.1 Å². The van der Waals surface area contributed by atoms with Gasteiger partial charge in [-0.15, -0.1) is 0 Å². The first-order valence-electron chi connectivity index (χ1n) is 5.65. The van der Waals surface area contributed by atoms with Gasteiger partial charge in [0.2, 0.25) is 0 Å². The highest BCUT2D eigenvalue weighted by Crippen LogP contribution is 2.24. The molecule has 0 radical (unpaired) electrons. The van der Waals surface area contributed by atoms with Crippen LogP contribution in [0.5, 0.6) is 0 Å². The van der Waals surface area contributed by atoms with E-state index < -0.39 is 5.41 Å². The highest BCUT2D eigenvalue weighted by Gasteiger charge is 2.32. The summed E-state index contributed by atoms with van der Waals surface area (Å²) in [6.45, 7) is 2.12. The summed E-state index contributed by atoms with van der Waals surface area (Å²) in [5, 5.41) is 0. The zero-order chi connectivity index (χ0) is 12.9. The van der Waals surface area contributed by atoms with Crippen LogP contribution in [-0.2, 0) is 16.0 Å². The van der Waals surface area contributed by atoms with Crippen molar-refractivity contribution >= 4 is 11.7 Å². The molecule has 1 rings (SSSR count). The summed E-state index contributed by atoms with van der Waals surface area (Å²) >= 11 is 0. The molecule has 0 aliphatic carbocycles. The molecule has 0 saturated carbocycles. The van der Waals surface area contributed by atoms with Gasteiger partial charge in [0.1, 0.15) is 0 Å². The topological polar surface area (TPSA) is 78.3 Å². The molecule has 94 valence electrons. The van der Waals surface area contributed by atoms with Gasteiger partial charge in [0.25, 0.3) is 0 Å². The van der Waals surface area contributed by atoms with E-state index in [1.165, 1.54) is 7.11 Å². The fraction of sp³-hybridized carbons (Fsp3) is 0.462. The summed E-state index contributed by atoms with van der Waals surface area (Å²) in [5.74, 6) is -0.254. The van der Waals surface area contributed by atoms with Gasteiger partial charge in [-0.05, 0) is 37.5 Å². The number of esters is 1. The number of aryl methyl sites for hydroxylation is 1. The molecule has 4 N–H and O–H groups in total. The summed E-state index contributed by atoms with van der Waals surface area (Å²) in [6, 6.07) is 7.63. The third-order valence-electron chi connectivity index (χ3n) is 3.07. The summed E-state index contributed by atoms with van der Waals surface area (Å²) in [5.41, 5.74) is 12.5. The molecule has 0 fully saturated rings. The zero-order valence-electron chi connectivity index (χ0n) is 10.4. The van der Waals surface area contributed by atoms with Gasteiger partial charge in [0.05, 0.1) is 12.5 Å². The van der Waals surface area contributed by atoms with Crippen molar-refractivity contribution in [1.82, 2.24) is 0 Å². The first-order valence-corrected chi connectivity index (χ1v) is 5.65. The molecule has 0 bridgehead atoms. The lowest BCUT2D eigenvalue weighted by molar-refractivity contribution is -0.151. The van der Waals surface area contributed by atoms with Crippen molar-refractivity contribution in [2.45, 2.75) is 19.8 Å². The van der Waals surface area contributed by atoms with Crippen molar-refractivity contribution in [3.63, 3.8) is 0 Å². The largest absolute Gasteiger partial charge is 0.469 e. The van der Waals surface area contributed by atoms with E-state index in [1.807, 2.05) is 31.2 Å². The highest BCUT2D eigenvalue weighted by molar-refractivity contribution is 5.76. The number of methoxy groups -OCH3 is 1. The van der Waals surface area contributed by atoms with Gasteiger partial charge in [-0.3, -0.25) is 4.79 Å². The SMILES string of the molecule is COC(=O)C(C)(CN)CCc1ccc(N)cc1. The van der Waals surface area contributed by atoms with E-state index in [0.717, 1.165) is 17.7 Å². The number of benzene rings is 1. The summed E-state index contributed by atoms with van der Waals surface area (Å²) in [7, 11) is 1.39. The van der Waals surface area contributed by atoms with E-state index in [2.05, 4.69) is 0 Å². The first-order chi connectivity index (χ1) is 8.01. The van der Waals surface area contributed by atoms with Gasteiger partial charge in [-0.2, -0.15) is 0 Å². The van der Waals surface area contributed by atoms with Crippen LogP contribution < -0.4 is 11.5 Å². The maximum absolute atomic E-state index is 11.6.